The molecule has 2 heterocycles. The molecule has 4 N–H and O–H groups in total. The normalized spacial score (nSPS) is 11.3. The molecule has 4 rings (SSSR count). The topological polar surface area (TPSA) is 132 Å². The van der Waals surface area contributed by atoms with Crippen molar-refractivity contribution in [1.82, 2.24) is 25.1 Å². The Morgan fingerprint density at radius 2 is 1.61 bits per heavy atom. The van der Waals surface area contributed by atoms with Crippen molar-refractivity contribution in [2.45, 2.75) is 39.3 Å². The Morgan fingerprint density at radius 3 is 2.30 bits per heavy atom. The van der Waals surface area contributed by atoms with Crippen LogP contribution in [-0.4, -0.2) is 77.1 Å². The average Bonchev–Trinajstić information content (AvgIpc) is 3.38. The summed E-state index contributed by atoms with van der Waals surface area (Å²) in [6.07, 6.45) is 3.67. The highest BCUT2D eigenvalue weighted by Gasteiger charge is 2.19. The molecule has 4 amide bonds. The third-order valence-electron chi connectivity index (χ3n) is 6.69. The molecule has 0 aliphatic heterocycles. The number of urea groups is 1. The van der Waals surface area contributed by atoms with Gasteiger partial charge in [-0.25, -0.2) is 9.59 Å². The van der Waals surface area contributed by atoms with Crippen LogP contribution in [-0.2, 0) is 17.7 Å². The van der Waals surface area contributed by atoms with Gasteiger partial charge in [0.05, 0.1) is 11.4 Å². The van der Waals surface area contributed by atoms with E-state index in [9.17, 15) is 14.4 Å². The van der Waals surface area contributed by atoms with E-state index in [1.165, 1.54) is 0 Å². The first-order valence-electron chi connectivity index (χ1n) is 14.6. The molecule has 44 heavy (non-hydrogen) atoms. The Morgan fingerprint density at radius 1 is 0.909 bits per heavy atom. The van der Waals surface area contributed by atoms with E-state index in [0.29, 0.717) is 44.0 Å². The van der Waals surface area contributed by atoms with Crippen LogP contribution in [0.15, 0.2) is 73.1 Å². The van der Waals surface area contributed by atoms with E-state index >= 15 is 0 Å². The highest BCUT2D eigenvalue weighted by atomic mass is 16.6. The van der Waals surface area contributed by atoms with Crippen LogP contribution in [0.4, 0.5) is 21.0 Å². The number of likely N-dealkylation sites (N-methyl/N-ethyl adjacent to an activating group) is 1. The summed E-state index contributed by atoms with van der Waals surface area (Å²) < 4.78 is 5.32. The zero-order chi connectivity index (χ0) is 31.7. The maximum Gasteiger partial charge on any atom is 0.412 e. The Labute approximate surface area is 258 Å². The lowest BCUT2D eigenvalue weighted by Crippen LogP contribution is -2.43. The summed E-state index contributed by atoms with van der Waals surface area (Å²) in [5, 5.41) is 9.67. The van der Waals surface area contributed by atoms with Gasteiger partial charge in [0.15, 0.2) is 0 Å². The smallest absolute Gasteiger partial charge is 0.412 e. The van der Waals surface area contributed by atoms with Crippen molar-refractivity contribution in [3.8, 4) is 0 Å². The maximum absolute atomic E-state index is 13.2. The number of rotatable bonds is 11. The van der Waals surface area contributed by atoms with Gasteiger partial charge in [-0.15, -0.1) is 0 Å². The number of carbonyl (C=O) groups excluding carboxylic acids is 3. The Bertz CT molecular complexity index is 1580. The van der Waals surface area contributed by atoms with Gasteiger partial charge in [0, 0.05) is 49.5 Å². The fourth-order valence-corrected chi connectivity index (χ4v) is 4.50. The molecule has 0 atom stereocenters. The molecule has 2 aromatic heterocycles. The quantitative estimate of drug-likeness (QED) is 0.181. The molecule has 0 spiro atoms. The van der Waals surface area contributed by atoms with Gasteiger partial charge in [-0.1, -0.05) is 36.4 Å². The lowest BCUT2D eigenvalue weighted by molar-refractivity contribution is 0.0635. The van der Waals surface area contributed by atoms with Crippen LogP contribution < -0.4 is 16.0 Å². The van der Waals surface area contributed by atoms with Gasteiger partial charge in [-0.05, 0) is 76.7 Å². The number of ether oxygens (including phenoxy) is 1. The fourth-order valence-electron chi connectivity index (χ4n) is 4.50. The predicted molar refractivity (Wildman–Crippen MR) is 173 cm³/mol. The number of pyridine rings is 1. The number of carbonyl (C=O) groups is 3. The fraction of sp³-hybridized carbons (Fsp3) is 0.333. The van der Waals surface area contributed by atoms with Gasteiger partial charge in [0.1, 0.15) is 11.3 Å². The molecular weight excluding hydrogens is 558 g/mol. The van der Waals surface area contributed by atoms with E-state index in [1.807, 2.05) is 43.4 Å². The number of H-pyrrole nitrogens is 1. The second-order valence-electron chi connectivity index (χ2n) is 11.7. The second-order valence-corrected chi connectivity index (χ2v) is 11.7. The zero-order valence-electron chi connectivity index (χ0n) is 25.9. The Hall–Kier alpha value is -4.90. The molecule has 0 saturated heterocycles. The molecule has 4 aromatic rings. The van der Waals surface area contributed by atoms with Crippen LogP contribution in [0.25, 0.3) is 10.9 Å². The molecule has 0 bridgehead atoms. The van der Waals surface area contributed by atoms with Crippen molar-refractivity contribution >= 4 is 40.3 Å². The summed E-state index contributed by atoms with van der Waals surface area (Å²) >= 11 is 0. The average molecular weight is 600 g/mol. The highest BCUT2D eigenvalue weighted by molar-refractivity contribution is 6.05. The number of aromatic nitrogens is 2. The number of benzene rings is 2. The number of fused-ring (bicyclic) bond motifs is 1. The SMILES string of the molecule is CN(C)CCN(Cc1ccc(C(=O)Nc2ccccc2NC(=O)OC(C)(C)C)nc1)C(=O)NCCc1c[nH]c2ccccc12. The highest BCUT2D eigenvalue weighted by Crippen LogP contribution is 2.23. The van der Waals surface area contributed by atoms with E-state index in [1.54, 1.807) is 68.3 Å². The van der Waals surface area contributed by atoms with E-state index in [0.717, 1.165) is 22.0 Å². The molecule has 232 valence electrons. The van der Waals surface area contributed by atoms with Crippen LogP contribution in [0.1, 0.15) is 42.4 Å². The van der Waals surface area contributed by atoms with Crippen molar-refractivity contribution in [1.29, 1.82) is 0 Å². The Balaban J connectivity index is 1.36. The number of para-hydroxylation sites is 3. The molecule has 0 fully saturated rings. The first kappa shape index (κ1) is 32.0. The molecule has 0 saturated carbocycles. The van der Waals surface area contributed by atoms with Gasteiger partial charge >= 0.3 is 12.1 Å². The van der Waals surface area contributed by atoms with Gasteiger partial charge in [-0.3, -0.25) is 15.1 Å². The molecule has 0 aliphatic carbocycles. The summed E-state index contributed by atoms with van der Waals surface area (Å²) in [5.41, 5.74) is 3.37. The third-order valence-corrected chi connectivity index (χ3v) is 6.69. The van der Waals surface area contributed by atoms with E-state index < -0.39 is 17.6 Å². The minimum absolute atomic E-state index is 0.164. The van der Waals surface area contributed by atoms with Gasteiger partial charge in [-0.2, -0.15) is 0 Å². The van der Waals surface area contributed by atoms with Gasteiger partial charge in [0.2, 0.25) is 0 Å². The van der Waals surface area contributed by atoms with Crippen molar-refractivity contribution in [3.63, 3.8) is 0 Å². The lowest BCUT2D eigenvalue weighted by atomic mass is 10.1. The van der Waals surface area contributed by atoms with Crippen LogP contribution >= 0.6 is 0 Å². The second kappa shape index (κ2) is 14.5. The molecule has 0 aliphatic rings. The van der Waals surface area contributed by atoms with Crippen LogP contribution in [0.2, 0.25) is 0 Å². The maximum atomic E-state index is 13.2. The van der Waals surface area contributed by atoms with Crippen LogP contribution in [0, 0.1) is 0 Å². The third kappa shape index (κ3) is 9.30. The standard InChI is InChI=1S/C33H41N7O4/c1-33(2,3)44-32(43)38-28-13-9-8-12-27(28)37-30(41)29-15-14-23(20-35-29)22-40(19-18-39(4)5)31(42)34-17-16-24-21-36-26-11-7-6-10-25(24)26/h6-15,20-21,36H,16-19,22H2,1-5H3,(H,34,42)(H,37,41)(H,38,43). The zero-order valence-corrected chi connectivity index (χ0v) is 25.9. The van der Waals surface area contributed by atoms with Crippen molar-refractivity contribution in [2.24, 2.45) is 0 Å². The lowest BCUT2D eigenvalue weighted by Gasteiger charge is -2.25. The summed E-state index contributed by atoms with van der Waals surface area (Å²) in [6, 6.07) is 18.2. The summed E-state index contributed by atoms with van der Waals surface area (Å²) in [6.45, 7) is 7.38. The molecular formula is C33H41N7O4. The first-order valence-corrected chi connectivity index (χ1v) is 14.6. The number of nitrogens with one attached hydrogen (secondary N) is 4. The van der Waals surface area contributed by atoms with Crippen molar-refractivity contribution in [2.75, 3.05) is 44.4 Å². The van der Waals surface area contributed by atoms with Crippen LogP contribution in [0.5, 0.6) is 0 Å². The van der Waals surface area contributed by atoms with E-state index in [-0.39, 0.29) is 11.7 Å². The largest absolute Gasteiger partial charge is 0.444 e. The monoisotopic (exact) mass is 599 g/mol. The van der Waals surface area contributed by atoms with Crippen molar-refractivity contribution < 1.29 is 19.1 Å². The van der Waals surface area contributed by atoms with Crippen molar-refractivity contribution in [3.05, 3.63) is 89.9 Å². The summed E-state index contributed by atoms with van der Waals surface area (Å²) in [4.78, 5) is 49.8. The number of amides is 4. The number of anilines is 2. The molecule has 11 nitrogen and oxygen atoms in total. The minimum Gasteiger partial charge on any atom is -0.444 e. The van der Waals surface area contributed by atoms with Gasteiger partial charge < -0.3 is 30.2 Å². The minimum atomic E-state index is -0.658. The number of hydrogen-bond acceptors (Lipinski definition) is 6. The van der Waals surface area contributed by atoms with E-state index in [4.69, 9.17) is 4.74 Å². The van der Waals surface area contributed by atoms with Crippen LogP contribution in [0.3, 0.4) is 0 Å². The summed E-state index contributed by atoms with van der Waals surface area (Å²) in [7, 11) is 3.92. The Kier molecular flexibility index (Phi) is 10.6. The number of hydrogen-bond donors (Lipinski definition) is 4. The summed E-state index contributed by atoms with van der Waals surface area (Å²) in [5.74, 6) is -0.436. The molecule has 0 radical (unpaired) electrons. The molecule has 11 heteroatoms. The number of nitrogens with zero attached hydrogens (tertiary/aromatic N) is 3. The van der Waals surface area contributed by atoms with Gasteiger partial charge in [0.25, 0.3) is 5.91 Å². The van der Waals surface area contributed by atoms with E-state index in [2.05, 4.69) is 32.0 Å². The predicted octanol–water partition coefficient (Wildman–Crippen LogP) is 5.48. The first-order chi connectivity index (χ1) is 21.0. The molecule has 2 aromatic carbocycles. The number of aromatic amines is 1. The molecule has 0 unspecified atom stereocenters.